The highest BCUT2D eigenvalue weighted by Crippen LogP contribution is 2.14. The summed E-state index contributed by atoms with van der Waals surface area (Å²) in [7, 11) is 0. The van der Waals surface area contributed by atoms with Crippen LogP contribution in [0.5, 0.6) is 0 Å². The predicted octanol–water partition coefficient (Wildman–Crippen LogP) is -0.270. The van der Waals surface area contributed by atoms with Crippen LogP contribution < -0.4 is 5.32 Å². The van der Waals surface area contributed by atoms with Gasteiger partial charge in [-0.3, -0.25) is 0 Å². The van der Waals surface area contributed by atoms with Crippen molar-refractivity contribution in [2.75, 3.05) is 19.7 Å². The van der Waals surface area contributed by atoms with E-state index in [4.69, 9.17) is 9.26 Å². The molecule has 1 aliphatic rings. The van der Waals surface area contributed by atoms with E-state index in [9.17, 15) is 0 Å². The van der Waals surface area contributed by atoms with E-state index in [1.807, 2.05) is 0 Å². The predicted molar refractivity (Wildman–Crippen MR) is 35.9 cm³/mol. The zero-order valence-electron chi connectivity index (χ0n) is 5.99. The third kappa shape index (κ3) is 1.38. The number of nitrogens with one attached hydrogen (secondary N) is 1. The number of ether oxygens (including phenoxy) is 1. The second kappa shape index (κ2) is 2.98. The molecule has 0 amide bonds. The molecule has 1 aliphatic heterocycles. The minimum Gasteiger partial charge on any atom is -0.366 e. The van der Waals surface area contributed by atoms with Crippen molar-refractivity contribution in [2.45, 2.75) is 6.10 Å². The SMILES string of the molecule is c1noc(C2CNCCO2)n1. The smallest absolute Gasteiger partial charge is 0.256 e. The fourth-order valence-corrected chi connectivity index (χ4v) is 1.05. The van der Waals surface area contributed by atoms with Gasteiger partial charge in [-0.25, -0.2) is 0 Å². The molecule has 0 aromatic carbocycles. The Kier molecular flexibility index (Phi) is 1.83. The number of nitrogens with zero attached hydrogens (tertiary/aromatic N) is 2. The van der Waals surface area contributed by atoms with Gasteiger partial charge in [-0.2, -0.15) is 4.98 Å². The lowest BCUT2D eigenvalue weighted by Crippen LogP contribution is -2.33. The summed E-state index contributed by atoms with van der Waals surface area (Å²) in [6, 6.07) is 0. The summed E-state index contributed by atoms with van der Waals surface area (Å²) in [5, 5.41) is 6.67. The lowest BCUT2D eigenvalue weighted by Gasteiger charge is -2.19. The van der Waals surface area contributed by atoms with Gasteiger partial charge in [0.15, 0.2) is 6.33 Å². The standard InChI is InChI=1S/C6H9N3O2/c1-2-10-5(3-7-1)6-8-4-9-11-6/h4-5,7H,1-3H2. The van der Waals surface area contributed by atoms with Gasteiger partial charge in [0.1, 0.15) is 6.10 Å². The van der Waals surface area contributed by atoms with E-state index in [0.29, 0.717) is 12.5 Å². The van der Waals surface area contributed by atoms with Crippen LogP contribution in [0.25, 0.3) is 0 Å². The third-order valence-electron chi connectivity index (χ3n) is 1.58. The molecule has 1 aromatic heterocycles. The van der Waals surface area contributed by atoms with Crippen LogP contribution in [0.15, 0.2) is 10.9 Å². The third-order valence-corrected chi connectivity index (χ3v) is 1.58. The van der Waals surface area contributed by atoms with Gasteiger partial charge >= 0.3 is 0 Å². The monoisotopic (exact) mass is 155 g/mol. The molecular formula is C6H9N3O2. The van der Waals surface area contributed by atoms with Crippen molar-refractivity contribution < 1.29 is 9.26 Å². The fourth-order valence-electron chi connectivity index (χ4n) is 1.05. The molecule has 5 heteroatoms. The van der Waals surface area contributed by atoms with Crippen LogP contribution in [-0.4, -0.2) is 29.8 Å². The zero-order valence-corrected chi connectivity index (χ0v) is 5.99. The maximum absolute atomic E-state index is 5.36. The first-order chi connectivity index (χ1) is 5.47. The quantitative estimate of drug-likeness (QED) is 0.605. The zero-order chi connectivity index (χ0) is 7.52. The van der Waals surface area contributed by atoms with Crippen molar-refractivity contribution in [2.24, 2.45) is 0 Å². The normalized spacial score (nSPS) is 25.3. The van der Waals surface area contributed by atoms with Gasteiger partial charge in [-0.05, 0) is 0 Å². The highest BCUT2D eigenvalue weighted by Gasteiger charge is 2.19. The van der Waals surface area contributed by atoms with E-state index in [2.05, 4.69) is 15.5 Å². The summed E-state index contributed by atoms with van der Waals surface area (Å²) >= 11 is 0. The Balaban J connectivity index is 2.04. The molecule has 1 atom stereocenters. The first kappa shape index (κ1) is 6.75. The van der Waals surface area contributed by atoms with Crippen molar-refractivity contribution in [3.05, 3.63) is 12.2 Å². The van der Waals surface area contributed by atoms with Crippen LogP contribution in [0, 0.1) is 0 Å². The second-order valence-electron chi connectivity index (χ2n) is 2.34. The Hall–Kier alpha value is -0.940. The Morgan fingerprint density at radius 1 is 1.64 bits per heavy atom. The number of aromatic nitrogens is 2. The molecule has 5 nitrogen and oxygen atoms in total. The van der Waals surface area contributed by atoms with E-state index in [0.717, 1.165) is 13.1 Å². The molecule has 0 saturated carbocycles. The molecular weight excluding hydrogens is 146 g/mol. The van der Waals surface area contributed by atoms with Crippen molar-refractivity contribution >= 4 is 0 Å². The highest BCUT2D eigenvalue weighted by molar-refractivity contribution is 4.85. The Morgan fingerprint density at radius 2 is 2.64 bits per heavy atom. The number of morpholine rings is 1. The van der Waals surface area contributed by atoms with Gasteiger partial charge < -0.3 is 14.6 Å². The molecule has 0 spiro atoms. The van der Waals surface area contributed by atoms with E-state index in [1.54, 1.807) is 0 Å². The van der Waals surface area contributed by atoms with Gasteiger partial charge in [0, 0.05) is 13.1 Å². The number of rotatable bonds is 1. The van der Waals surface area contributed by atoms with E-state index < -0.39 is 0 Å². The summed E-state index contributed by atoms with van der Waals surface area (Å²) in [5.41, 5.74) is 0. The van der Waals surface area contributed by atoms with Crippen molar-refractivity contribution in [3.8, 4) is 0 Å². The molecule has 1 fully saturated rings. The van der Waals surface area contributed by atoms with Gasteiger partial charge in [-0.1, -0.05) is 5.16 Å². The van der Waals surface area contributed by atoms with Crippen LogP contribution in [0.4, 0.5) is 0 Å². The summed E-state index contributed by atoms with van der Waals surface area (Å²) < 4.78 is 10.2. The maximum Gasteiger partial charge on any atom is 0.256 e. The molecule has 1 N–H and O–H groups in total. The van der Waals surface area contributed by atoms with Gasteiger partial charge in [-0.15, -0.1) is 0 Å². The summed E-state index contributed by atoms with van der Waals surface area (Å²) in [5.74, 6) is 0.553. The number of hydrogen-bond donors (Lipinski definition) is 1. The van der Waals surface area contributed by atoms with Gasteiger partial charge in [0.05, 0.1) is 6.61 Å². The lowest BCUT2D eigenvalue weighted by atomic mass is 10.3. The van der Waals surface area contributed by atoms with E-state index in [1.165, 1.54) is 6.33 Å². The molecule has 2 heterocycles. The Morgan fingerprint density at radius 3 is 3.27 bits per heavy atom. The molecule has 1 unspecified atom stereocenters. The van der Waals surface area contributed by atoms with Crippen molar-refractivity contribution in [1.29, 1.82) is 0 Å². The van der Waals surface area contributed by atoms with Crippen LogP contribution in [-0.2, 0) is 4.74 Å². The fraction of sp³-hybridized carbons (Fsp3) is 0.667. The Labute approximate surface area is 63.7 Å². The minimum absolute atomic E-state index is 0.0637. The molecule has 2 rings (SSSR count). The molecule has 0 radical (unpaired) electrons. The van der Waals surface area contributed by atoms with Crippen LogP contribution in [0.3, 0.4) is 0 Å². The van der Waals surface area contributed by atoms with E-state index >= 15 is 0 Å². The van der Waals surface area contributed by atoms with Gasteiger partial charge in [0.2, 0.25) is 0 Å². The molecule has 0 aliphatic carbocycles. The highest BCUT2D eigenvalue weighted by atomic mass is 16.5. The van der Waals surface area contributed by atoms with Crippen LogP contribution in [0.1, 0.15) is 12.0 Å². The average molecular weight is 155 g/mol. The largest absolute Gasteiger partial charge is 0.366 e. The first-order valence-electron chi connectivity index (χ1n) is 3.56. The average Bonchev–Trinajstić information content (AvgIpc) is 2.58. The van der Waals surface area contributed by atoms with E-state index in [-0.39, 0.29) is 6.10 Å². The topological polar surface area (TPSA) is 60.2 Å². The summed E-state index contributed by atoms with van der Waals surface area (Å²) in [4.78, 5) is 3.90. The lowest BCUT2D eigenvalue weighted by molar-refractivity contribution is 0.00755. The second-order valence-corrected chi connectivity index (χ2v) is 2.34. The van der Waals surface area contributed by atoms with Crippen LogP contribution >= 0.6 is 0 Å². The summed E-state index contributed by atoms with van der Waals surface area (Å²) in [6.07, 6.45) is 1.32. The van der Waals surface area contributed by atoms with Gasteiger partial charge in [0.25, 0.3) is 5.89 Å². The minimum atomic E-state index is -0.0637. The molecule has 11 heavy (non-hydrogen) atoms. The Bertz CT molecular complexity index is 206. The number of hydrogen-bond acceptors (Lipinski definition) is 5. The first-order valence-corrected chi connectivity index (χ1v) is 3.56. The van der Waals surface area contributed by atoms with Crippen LogP contribution in [0.2, 0.25) is 0 Å². The van der Waals surface area contributed by atoms with Crippen molar-refractivity contribution in [1.82, 2.24) is 15.5 Å². The molecule has 0 bridgehead atoms. The van der Waals surface area contributed by atoms with Crippen molar-refractivity contribution in [3.63, 3.8) is 0 Å². The summed E-state index contributed by atoms with van der Waals surface area (Å²) in [6.45, 7) is 2.35. The molecule has 1 saturated heterocycles. The molecule has 1 aromatic rings. The maximum atomic E-state index is 5.36. The molecule has 60 valence electrons.